The van der Waals surface area contributed by atoms with Gasteiger partial charge in [0.2, 0.25) is 0 Å². The van der Waals surface area contributed by atoms with Crippen molar-refractivity contribution in [3.8, 4) is 33.4 Å². The lowest BCUT2D eigenvalue weighted by Gasteiger charge is -2.28. The van der Waals surface area contributed by atoms with E-state index in [-0.39, 0.29) is 5.41 Å². The van der Waals surface area contributed by atoms with Gasteiger partial charge in [0.15, 0.2) is 0 Å². The molecule has 0 N–H and O–H groups in total. The van der Waals surface area contributed by atoms with Gasteiger partial charge in [0.05, 0.1) is 0 Å². The lowest BCUT2D eigenvalue weighted by atomic mass is 9.82. The Labute approximate surface area is 302 Å². The number of nitrogens with zero attached hydrogens (tertiary/aromatic N) is 1. The first-order valence-corrected chi connectivity index (χ1v) is 18.5. The van der Waals surface area contributed by atoms with Gasteiger partial charge in [-0.2, -0.15) is 0 Å². The summed E-state index contributed by atoms with van der Waals surface area (Å²) in [6, 6.07) is 64.7. The van der Waals surface area contributed by atoms with E-state index in [9.17, 15) is 0 Å². The van der Waals surface area contributed by atoms with Crippen molar-refractivity contribution in [1.29, 1.82) is 0 Å². The molecular formula is C49H35NS. The maximum Gasteiger partial charge on any atom is 0.0465 e. The van der Waals surface area contributed by atoms with Crippen LogP contribution in [0.1, 0.15) is 25.0 Å². The molecule has 51 heavy (non-hydrogen) atoms. The summed E-state index contributed by atoms with van der Waals surface area (Å²) in [4.78, 5) is 2.41. The van der Waals surface area contributed by atoms with Crippen LogP contribution in [-0.4, -0.2) is 0 Å². The molecule has 1 aliphatic rings. The lowest BCUT2D eigenvalue weighted by molar-refractivity contribution is 0.660. The van der Waals surface area contributed by atoms with Crippen LogP contribution in [0.4, 0.5) is 17.1 Å². The summed E-state index contributed by atoms with van der Waals surface area (Å²) in [6.07, 6.45) is 0. The van der Waals surface area contributed by atoms with Crippen LogP contribution < -0.4 is 4.90 Å². The standard InChI is InChI=1S/C49H35NS/c1-49(2)44-17-8-6-14-40(44)41-30-28-38(31-45(41)49)50(36-24-19-33(20-25-36)32-11-4-3-5-12-32)37-26-21-34(22-27-37)39-16-10-13-35-23-29-43-42-15-7-9-18-46(42)51-48(43)47(35)39/h3-31H,1-2H3. The van der Waals surface area contributed by atoms with Crippen molar-refractivity contribution in [2.45, 2.75) is 19.3 Å². The van der Waals surface area contributed by atoms with Crippen molar-refractivity contribution in [2.75, 3.05) is 4.90 Å². The Morgan fingerprint density at radius 3 is 1.86 bits per heavy atom. The summed E-state index contributed by atoms with van der Waals surface area (Å²) < 4.78 is 2.69. The molecular weight excluding hydrogens is 635 g/mol. The second kappa shape index (κ2) is 11.6. The quantitative estimate of drug-likeness (QED) is 0.176. The first-order valence-electron chi connectivity index (χ1n) is 17.7. The minimum atomic E-state index is -0.0824. The Morgan fingerprint density at radius 2 is 1.06 bits per heavy atom. The molecule has 1 nitrogen and oxygen atoms in total. The number of thiophene rings is 1. The SMILES string of the molecule is CC1(C)c2ccccc2-c2ccc(N(c3ccc(-c4ccccc4)cc3)c3ccc(-c4cccc5ccc6c7ccccc7sc6c45)cc3)cc21. The molecule has 0 amide bonds. The summed E-state index contributed by atoms with van der Waals surface area (Å²) in [5.41, 5.74) is 13.7. The fraction of sp³-hybridized carbons (Fsp3) is 0.0612. The molecule has 0 radical (unpaired) electrons. The topological polar surface area (TPSA) is 3.24 Å². The van der Waals surface area contributed by atoms with Crippen molar-refractivity contribution in [3.63, 3.8) is 0 Å². The summed E-state index contributed by atoms with van der Waals surface area (Å²) in [5.74, 6) is 0. The van der Waals surface area contributed by atoms with E-state index in [4.69, 9.17) is 0 Å². The van der Waals surface area contributed by atoms with Crippen molar-refractivity contribution in [1.82, 2.24) is 0 Å². The smallest absolute Gasteiger partial charge is 0.0465 e. The summed E-state index contributed by atoms with van der Waals surface area (Å²) in [6.45, 7) is 4.71. The average Bonchev–Trinajstić information content (AvgIpc) is 3.68. The van der Waals surface area contributed by atoms with E-state index in [1.54, 1.807) is 0 Å². The van der Waals surface area contributed by atoms with Gasteiger partial charge in [-0.05, 0) is 92.4 Å². The number of anilines is 3. The highest BCUT2D eigenvalue weighted by Gasteiger charge is 2.35. The van der Waals surface area contributed by atoms with E-state index in [1.807, 2.05) is 11.3 Å². The molecule has 1 aliphatic carbocycles. The zero-order valence-electron chi connectivity index (χ0n) is 28.6. The monoisotopic (exact) mass is 669 g/mol. The van der Waals surface area contributed by atoms with Crippen molar-refractivity contribution < 1.29 is 0 Å². The third kappa shape index (κ3) is 4.75. The van der Waals surface area contributed by atoms with E-state index in [0.717, 1.165) is 17.1 Å². The van der Waals surface area contributed by atoms with E-state index in [0.29, 0.717) is 0 Å². The van der Waals surface area contributed by atoms with Gasteiger partial charge in [-0.1, -0.05) is 147 Å². The summed E-state index contributed by atoms with van der Waals surface area (Å²) in [5, 5.41) is 5.27. The third-order valence-electron chi connectivity index (χ3n) is 10.9. The van der Waals surface area contributed by atoms with Crippen molar-refractivity contribution in [2.24, 2.45) is 0 Å². The number of hydrogen-bond acceptors (Lipinski definition) is 2. The van der Waals surface area contributed by atoms with Gasteiger partial charge in [0.25, 0.3) is 0 Å². The predicted octanol–water partition coefficient (Wildman–Crippen LogP) is 14.3. The fourth-order valence-corrected chi connectivity index (χ4v) is 9.57. The second-order valence-electron chi connectivity index (χ2n) is 14.1. The Balaban J connectivity index is 1.11. The summed E-state index contributed by atoms with van der Waals surface area (Å²) >= 11 is 1.90. The van der Waals surface area contributed by atoms with Crippen LogP contribution >= 0.6 is 11.3 Å². The maximum absolute atomic E-state index is 2.41. The van der Waals surface area contributed by atoms with Gasteiger partial charge in [0.1, 0.15) is 0 Å². The first-order chi connectivity index (χ1) is 25.0. The van der Waals surface area contributed by atoms with Gasteiger partial charge < -0.3 is 4.90 Å². The highest BCUT2D eigenvalue weighted by atomic mass is 32.1. The second-order valence-corrected chi connectivity index (χ2v) is 15.2. The minimum absolute atomic E-state index is 0.0824. The minimum Gasteiger partial charge on any atom is -0.310 e. The van der Waals surface area contributed by atoms with Crippen LogP contribution in [0.25, 0.3) is 64.3 Å². The highest BCUT2D eigenvalue weighted by molar-refractivity contribution is 7.26. The highest BCUT2D eigenvalue weighted by Crippen LogP contribution is 2.51. The molecule has 0 aliphatic heterocycles. The predicted molar refractivity (Wildman–Crippen MR) is 220 cm³/mol. The van der Waals surface area contributed by atoms with E-state index in [1.165, 1.54) is 75.5 Å². The molecule has 1 heterocycles. The van der Waals surface area contributed by atoms with Gasteiger partial charge in [0, 0.05) is 48.0 Å². The summed E-state index contributed by atoms with van der Waals surface area (Å²) in [7, 11) is 0. The molecule has 0 bridgehead atoms. The van der Waals surface area contributed by atoms with Crippen molar-refractivity contribution >= 4 is 59.3 Å². The number of benzene rings is 8. The van der Waals surface area contributed by atoms with E-state index < -0.39 is 0 Å². The fourth-order valence-electron chi connectivity index (χ4n) is 8.29. The zero-order valence-corrected chi connectivity index (χ0v) is 29.4. The Morgan fingerprint density at radius 1 is 0.431 bits per heavy atom. The molecule has 0 unspecified atom stereocenters. The molecule has 2 heteroatoms. The van der Waals surface area contributed by atoms with E-state index >= 15 is 0 Å². The molecule has 242 valence electrons. The van der Waals surface area contributed by atoms with Crippen LogP contribution in [0.15, 0.2) is 176 Å². The molecule has 0 spiro atoms. The van der Waals surface area contributed by atoms with Gasteiger partial charge in [-0.3, -0.25) is 0 Å². The Hall–Kier alpha value is -5.96. The van der Waals surface area contributed by atoms with Gasteiger partial charge in [-0.15, -0.1) is 11.3 Å². The van der Waals surface area contributed by atoms with Crippen molar-refractivity contribution in [3.05, 3.63) is 187 Å². The van der Waals surface area contributed by atoms with Crippen LogP contribution in [0.3, 0.4) is 0 Å². The molecule has 1 aromatic heterocycles. The molecule has 9 aromatic rings. The molecule has 8 aromatic carbocycles. The first kappa shape index (κ1) is 29.9. The van der Waals surface area contributed by atoms with Crippen LogP contribution in [-0.2, 0) is 5.41 Å². The molecule has 0 atom stereocenters. The van der Waals surface area contributed by atoms with Crippen LogP contribution in [0.2, 0.25) is 0 Å². The normalized spacial score (nSPS) is 13.1. The molecule has 0 saturated heterocycles. The Bertz CT molecular complexity index is 2750. The van der Waals surface area contributed by atoms with Gasteiger partial charge in [-0.25, -0.2) is 0 Å². The number of rotatable bonds is 5. The Kier molecular flexibility index (Phi) is 6.78. The third-order valence-corrected chi connectivity index (χ3v) is 12.1. The largest absolute Gasteiger partial charge is 0.310 e. The molecule has 10 rings (SSSR count). The average molecular weight is 670 g/mol. The van der Waals surface area contributed by atoms with E-state index in [2.05, 4.69) is 195 Å². The lowest BCUT2D eigenvalue weighted by Crippen LogP contribution is -2.16. The molecule has 0 saturated carbocycles. The number of fused-ring (bicyclic) bond motifs is 8. The van der Waals surface area contributed by atoms with Crippen LogP contribution in [0.5, 0.6) is 0 Å². The maximum atomic E-state index is 2.41. The molecule has 0 fully saturated rings. The van der Waals surface area contributed by atoms with Gasteiger partial charge >= 0.3 is 0 Å². The number of hydrogen-bond donors (Lipinski definition) is 0. The zero-order chi connectivity index (χ0) is 34.1. The van der Waals surface area contributed by atoms with Crippen LogP contribution in [0, 0.1) is 0 Å².